The summed E-state index contributed by atoms with van der Waals surface area (Å²) in [6.07, 6.45) is 12.5. The van der Waals surface area contributed by atoms with Crippen molar-refractivity contribution in [2.45, 2.75) is 70.6 Å². The van der Waals surface area contributed by atoms with Gasteiger partial charge in [0.25, 0.3) is 0 Å². The minimum absolute atomic E-state index is 0. The van der Waals surface area contributed by atoms with Gasteiger partial charge in [0.05, 0.1) is 0 Å². The molecule has 0 unspecified atom stereocenters. The molecule has 1 aromatic rings. The maximum absolute atomic E-state index is 10.3. The first-order chi connectivity index (χ1) is 9.79. The van der Waals surface area contributed by atoms with Gasteiger partial charge in [-0.05, 0) is 24.8 Å². The summed E-state index contributed by atoms with van der Waals surface area (Å²) in [5, 5.41) is 8.52. The van der Waals surface area contributed by atoms with Crippen LogP contribution < -0.4 is 0 Å². The van der Waals surface area contributed by atoms with E-state index >= 15 is 0 Å². The van der Waals surface area contributed by atoms with Crippen LogP contribution in [0.4, 0.5) is 0 Å². The van der Waals surface area contributed by atoms with Crippen molar-refractivity contribution in [1.29, 1.82) is 0 Å². The second kappa shape index (κ2) is 17.6. The van der Waals surface area contributed by atoms with Gasteiger partial charge in [0.2, 0.25) is 0 Å². The summed E-state index contributed by atoms with van der Waals surface area (Å²) in [4.78, 5) is 10.3. The number of aryl methyl sites for hydroxylation is 1. The molecule has 0 saturated heterocycles. The van der Waals surface area contributed by atoms with Gasteiger partial charge >= 0.3 is 52.6 Å². The molecule has 0 amide bonds. The fourth-order valence-corrected chi connectivity index (χ4v) is 2.49. The molecule has 0 bridgehead atoms. The maximum atomic E-state index is 10.3. The summed E-state index contributed by atoms with van der Waals surface area (Å²) >= 11 is 0. The summed E-state index contributed by atoms with van der Waals surface area (Å²) < 4.78 is 0. The summed E-state index contributed by atoms with van der Waals surface area (Å²) in [6, 6.07) is 10.7. The fraction of sp³-hybridized carbons (Fsp3) is 0.611. The third-order valence-electron chi connectivity index (χ3n) is 3.70. The predicted octanol–water partition coefficient (Wildman–Crippen LogP) is 3.65. The zero-order chi connectivity index (χ0) is 14.5. The molecule has 2 nitrogen and oxygen atoms in total. The summed E-state index contributed by atoms with van der Waals surface area (Å²) in [5.41, 5.74) is 1.45. The average Bonchev–Trinajstić information content (AvgIpc) is 2.45. The van der Waals surface area contributed by atoms with E-state index in [-0.39, 0.29) is 46.6 Å². The van der Waals surface area contributed by atoms with Crippen molar-refractivity contribution in [2.24, 2.45) is 0 Å². The van der Waals surface area contributed by atoms with E-state index in [2.05, 4.69) is 30.3 Å². The fourth-order valence-electron chi connectivity index (χ4n) is 2.49. The van der Waals surface area contributed by atoms with Crippen molar-refractivity contribution in [3.63, 3.8) is 0 Å². The van der Waals surface area contributed by atoms with Gasteiger partial charge in [-0.1, -0.05) is 75.3 Å². The topological polar surface area (TPSA) is 37.3 Å². The van der Waals surface area contributed by atoms with Gasteiger partial charge in [-0.15, -0.1) is 0 Å². The number of carbonyl (C=O) groups is 1. The van der Waals surface area contributed by atoms with Gasteiger partial charge in [-0.3, -0.25) is 4.79 Å². The number of benzene rings is 1. The van der Waals surface area contributed by atoms with E-state index in [0.717, 1.165) is 12.8 Å². The molecule has 0 radical (unpaired) electrons. The number of aliphatic carboxylic acids is 1. The van der Waals surface area contributed by atoms with Crippen LogP contribution in [0.15, 0.2) is 30.3 Å². The number of carboxylic acid groups (broad SMARTS) is 1. The molecular weight excluding hydrogens is 350 g/mol. The van der Waals surface area contributed by atoms with Gasteiger partial charge in [0, 0.05) is 6.42 Å². The van der Waals surface area contributed by atoms with Crippen LogP contribution in [0.25, 0.3) is 0 Å². The van der Waals surface area contributed by atoms with Crippen LogP contribution in [-0.4, -0.2) is 57.7 Å². The van der Waals surface area contributed by atoms with Gasteiger partial charge < -0.3 is 5.11 Å². The van der Waals surface area contributed by atoms with Gasteiger partial charge in [-0.25, -0.2) is 0 Å². The number of rotatable bonds is 12. The molecule has 4 heteroatoms. The minimum atomic E-state index is -0.664. The molecule has 0 fully saturated rings. The molecule has 0 saturated carbocycles. The first-order valence-electron chi connectivity index (χ1n) is 8.05. The first-order valence-corrected chi connectivity index (χ1v) is 8.05. The number of unbranched alkanes of at least 4 members (excludes halogenated alkanes) is 8. The van der Waals surface area contributed by atoms with E-state index in [0.29, 0.717) is 6.42 Å². The third kappa shape index (κ3) is 15.1. The molecule has 1 aromatic carbocycles. The monoisotopic (exact) mass is 382 g/mol. The molecular formula is C18H31NaO2Se. The van der Waals surface area contributed by atoms with Crippen molar-refractivity contribution < 1.29 is 9.90 Å². The molecule has 0 atom stereocenters. The van der Waals surface area contributed by atoms with E-state index < -0.39 is 5.97 Å². The van der Waals surface area contributed by atoms with Crippen LogP contribution in [-0.2, 0) is 11.2 Å². The number of hydrogen-bond acceptors (Lipinski definition) is 1. The molecule has 1 rings (SSSR count). The third-order valence-corrected chi connectivity index (χ3v) is 3.70. The van der Waals surface area contributed by atoms with Gasteiger partial charge in [0.15, 0.2) is 0 Å². The molecule has 0 aromatic heterocycles. The molecule has 0 heterocycles. The van der Waals surface area contributed by atoms with Gasteiger partial charge in [-0.2, -0.15) is 0 Å². The Labute approximate surface area is 168 Å². The standard InChI is InChI=1S/C18H28O2.Na.H2Se.H/c19-18(20)16-12-7-5-3-1-2-4-6-9-13-17-14-10-8-11-15-17;;;/h8,10-11,14-15H,1-7,9,12-13,16H2,(H,19,20);;1H2;. The second-order valence-corrected chi connectivity index (χ2v) is 5.56. The molecule has 22 heavy (non-hydrogen) atoms. The Bertz CT molecular complexity index is 357. The van der Waals surface area contributed by atoms with Crippen LogP contribution in [0.1, 0.15) is 69.8 Å². The molecule has 0 aliphatic rings. The number of hydrogen-bond donors (Lipinski definition) is 1. The Balaban J connectivity index is 0. The Morgan fingerprint density at radius 1 is 0.773 bits per heavy atom. The second-order valence-electron chi connectivity index (χ2n) is 5.56. The summed E-state index contributed by atoms with van der Waals surface area (Å²) in [7, 11) is 0. The zero-order valence-corrected chi connectivity index (χ0v) is 15.1. The Hall–Kier alpha value is 0.209. The predicted molar refractivity (Wildman–Crippen MR) is 99.6 cm³/mol. The molecule has 0 spiro atoms. The summed E-state index contributed by atoms with van der Waals surface area (Å²) in [5.74, 6) is -0.664. The van der Waals surface area contributed by atoms with Crippen molar-refractivity contribution in [2.75, 3.05) is 0 Å². The van der Waals surface area contributed by atoms with Crippen molar-refractivity contribution >= 4 is 52.6 Å². The quantitative estimate of drug-likeness (QED) is 0.443. The molecule has 122 valence electrons. The van der Waals surface area contributed by atoms with Crippen LogP contribution in [0.3, 0.4) is 0 Å². The zero-order valence-electron chi connectivity index (χ0n) is 13.0. The van der Waals surface area contributed by atoms with E-state index in [9.17, 15) is 4.79 Å². The van der Waals surface area contributed by atoms with Crippen LogP contribution in [0, 0.1) is 0 Å². The van der Waals surface area contributed by atoms with E-state index in [1.54, 1.807) is 0 Å². The van der Waals surface area contributed by atoms with Crippen LogP contribution in [0.2, 0.25) is 0 Å². The van der Waals surface area contributed by atoms with Crippen molar-refractivity contribution in [1.82, 2.24) is 0 Å². The normalized spacial score (nSPS) is 9.64. The average molecular weight is 381 g/mol. The van der Waals surface area contributed by atoms with E-state index in [4.69, 9.17) is 5.11 Å². The van der Waals surface area contributed by atoms with Crippen molar-refractivity contribution in [3.05, 3.63) is 35.9 Å². The molecule has 0 aliphatic carbocycles. The van der Waals surface area contributed by atoms with Crippen molar-refractivity contribution in [3.8, 4) is 0 Å². The van der Waals surface area contributed by atoms with E-state index in [1.165, 1.54) is 56.9 Å². The van der Waals surface area contributed by atoms with Gasteiger partial charge in [0.1, 0.15) is 0 Å². The van der Waals surface area contributed by atoms with E-state index in [1.807, 2.05) is 0 Å². The SMILES string of the molecule is O=C(O)CCCCCCCCCCCc1ccccc1.[NaH].[SeH2]. The molecule has 1 N–H and O–H groups in total. The Morgan fingerprint density at radius 3 is 1.73 bits per heavy atom. The van der Waals surface area contributed by atoms with Crippen LogP contribution in [0.5, 0.6) is 0 Å². The van der Waals surface area contributed by atoms with Crippen LogP contribution >= 0.6 is 0 Å². The number of carboxylic acids is 1. The molecule has 0 aliphatic heterocycles. The summed E-state index contributed by atoms with van der Waals surface area (Å²) in [6.45, 7) is 0. The Kier molecular flexibility index (Phi) is 19.5. The first kappa shape index (κ1) is 24.5. The Morgan fingerprint density at radius 2 is 1.23 bits per heavy atom.